The van der Waals surface area contributed by atoms with Gasteiger partial charge in [-0.15, -0.1) is 11.3 Å². The Balaban J connectivity index is 0.993. The van der Waals surface area contributed by atoms with E-state index in [0.29, 0.717) is 12.3 Å². The maximum Gasteiger partial charge on any atom is 0.317 e. The molecular formula is C33H33N3O3S. The van der Waals surface area contributed by atoms with Gasteiger partial charge in [0.2, 0.25) is 0 Å². The average Bonchev–Trinajstić information content (AvgIpc) is 3.47. The van der Waals surface area contributed by atoms with Crippen LogP contribution in [0.15, 0.2) is 90.3 Å². The van der Waals surface area contributed by atoms with Crippen molar-refractivity contribution in [2.24, 2.45) is 0 Å². The first-order valence-corrected chi connectivity index (χ1v) is 14.8. The van der Waals surface area contributed by atoms with Gasteiger partial charge in [-0.2, -0.15) is 0 Å². The van der Waals surface area contributed by atoms with Crippen LogP contribution >= 0.6 is 11.3 Å². The molecule has 1 fully saturated rings. The molecule has 1 N–H and O–H groups in total. The van der Waals surface area contributed by atoms with Crippen LogP contribution in [0.25, 0.3) is 21.0 Å². The number of nitrogens with zero attached hydrogens (tertiary/aromatic N) is 3. The molecule has 1 unspecified atom stereocenters. The second-order valence-electron chi connectivity index (χ2n) is 10.3. The maximum absolute atomic E-state index is 12.1. The largest absolute Gasteiger partial charge is 0.494 e. The number of thiophene rings is 1. The number of pyridine rings is 1. The van der Waals surface area contributed by atoms with E-state index < -0.39 is 11.9 Å². The number of aromatic nitrogens is 1. The Morgan fingerprint density at radius 3 is 2.58 bits per heavy atom. The first-order chi connectivity index (χ1) is 19.7. The zero-order valence-electron chi connectivity index (χ0n) is 22.4. The number of carbonyl (C=O) groups is 1. The highest BCUT2D eigenvalue weighted by Gasteiger charge is 2.23. The molecule has 6 rings (SSSR count). The number of aliphatic carboxylic acids is 1. The highest BCUT2D eigenvalue weighted by atomic mass is 32.1. The van der Waals surface area contributed by atoms with Crippen molar-refractivity contribution in [1.29, 1.82) is 0 Å². The molecule has 3 heterocycles. The summed E-state index contributed by atoms with van der Waals surface area (Å²) >= 11 is 1.81. The lowest BCUT2D eigenvalue weighted by atomic mass is 9.95. The minimum absolute atomic E-state index is 0.524. The fraction of sp³-hybridized carbons (Fsp3) is 0.273. The van der Waals surface area contributed by atoms with Crippen molar-refractivity contribution < 1.29 is 14.6 Å². The number of unbranched alkanes of at least 4 members (excludes halogenated alkanes) is 1. The molecule has 204 valence electrons. The van der Waals surface area contributed by atoms with Gasteiger partial charge in [-0.3, -0.25) is 14.7 Å². The van der Waals surface area contributed by atoms with Gasteiger partial charge < -0.3 is 14.7 Å². The fourth-order valence-electron chi connectivity index (χ4n) is 5.54. The molecule has 3 aromatic carbocycles. The van der Waals surface area contributed by atoms with Gasteiger partial charge in [0.05, 0.1) is 17.8 Å². The van der Waals surface area contributed by atoms with Crippen molar-refractivity contribution >= 4 is 44.0 Å². The zero-order chi connectivity index (χ0) is 27.3. The molecule has 7 heteroatoms. The van der Waals surface area contributed by atoms with E-state index in [1.165, 1.54) is 15.8 Å². The Morgan fingerprint density at radius 1 is 0.925 bits per heavy atom. The van der Waals surface area contributed by atoms with Gasteiger partial charge in [-0.25, -0.2) is 0 Å². The third kappa shape index (κ3) is 5.81. The summed E-state index contributed by atoms with van der Waals surface area (Å²) in [5, 5.41) is 14.4. The lowest BCUT2D eigenvalue weighted by Crippen LogP contribution is -2.46. The van der Waals surface area contributed by atoms with Crippen molar-refractivity contribution in [3.63, 3.8) is 0 Å². The van der Waals surface area contributed by atoms with E-state index in [0.717, 1.165) is 67.8 Å². The summed E-state index contributed by atoms with van der Waals surface area (Å²) in [6, 6.07) is 27.7. The number of ether oxygens (including phenoxy) is 1. The minimum atomic E-state index is -0.910. The topological polar surface area (TPSA) is 65.9 Å². The van der Waals surface area contributed by atoms with Gasteiger partial charge in [0.25, 0.3) is 0 Å². The van der Waals surface area contributed by atoms with E-state index in [9.17, 15) is 9.90 Å². The third-order valence-electron chi connectivity index (χ3n) is 7.68. The van der Waals surface area contributed by atoms with E-state index in [4.69, 9.17) is 9.72 Å². The van der Waals surface area contributed by atoms with E-state index in [1.54, 1.807) is 6.07 Å². The van der Waals surface area contributed by atoms with Gasteiger partial charge >= 0.3 is 5.97 Å². The molecule has 1 atom stereocenters. The Hall–Kier alpha value is -3.94. The number of rotatable bonds is 10. The number of carboxylic acids is 1. The number of hydrogen-bond donors (Lipinski definition) is 1. The van der Waals surface area contributed by atoms with Crippen molar-refractivity contribution in [3.8, 4) is 5.75 Å². The minimum Gasteiger partial charge on any atom is -0.494 e. The first-order valence-electron chi connectivity index (χ1n) is 13.9. The van der Waals surface area contributed by atoms with Crippen molar-refractivity contribution in [3.05, 3.63) is 102 Å². The molecule has 0 spiro atoms. The molecule has 5 aromatic rings. The van der Waals surface area contributed by atoms with Gasteiger partial charge in [-0.05, 0) is 66.7 Å². The van der Waals surface area contributed by atoms with Gasteiger partial charge in [0, 0.05) is 53.4 Å². The van der Waals surface area contributed by atoms with Crippen LogP contribution in [0.5, 0.6) is 5.75 Å². The normalized spacial score (nSPS) is 14.9. The number of anilines is 1. The lowest BCUT2D eigenvalue weighted by molar-refractivity contribution is -0.137. The van der Waals surface area contributed by atoms with Crippen LogP contribution in [0.1, 0.15) is 30.0 Å². The second-order valence-corrected chi connectivity index (χ2v) is 11.2. The quantitative estimate of drug-likeness (QED) is 0.196. The molecule has 2 aromatic heterocycles. The summed E-state index contributed by atoms with van der Waals surface area (Å²) in [7, 11) is 0. The standard InChI is InChI=1S/C33H33N3O3S/c37-33(38)32(25-7-2-1-3-8-25)28-14-12-24-11-13-26(23-29(24)34-28)39-21-5-4-16-35-17-19-36(20-18-35)30-9-6-10-31-27(30)15-22-40-31/h1-3,6-15,22-23,32H,4-5,16-21H2,(H,37,38). The summed E-state index contributed by atoms with van der Waals surface area (Å²) in [4.78, 5) is 21.9. The molecule has 0 radical (unpaired) electrons. The maximum atomic E-state index is 12.1. The SMILES string of the molecule is O=C(O)C(c1ccccc1)c1ccc2ccc(OCCCCN3CCN(c4cccc5sccc45)CC3)cc2n1. The summed E-state index contributed by atoms with van der Waals surface area (Å²) in [5.74, 6) is -0.951. The number of carboxylic acid groups (broad SMARTS) is 1. The van der Waals surface area contributed by atoms with E-state index in [-0.39, 0.29) is 0 Å². The number of hydrogen-bond acceptors (Lipinski definition) is 6. The number of piperazine rings is 1. The Morgan fingerprint density at radius 2 is 1.75 bits per heavy atom. The average molecular weight is 552 g/mol. The summed E-state index contributed by atoms with van der Waals surface area (Å²) in [6.45, 7) is 6.02. The van der Waals surface area contributed by atoms with Crippen LogP contribution in [0.3, 0.4) is 0 Å². The molecule has 0 saturated carbocycles. The second kappa shape index (κ2) is 12.1. The summed E-state index contributed by atoms with van der Waals surface area (Å²) < 4.78 is 7.42. The Labute approximate surface area is 238 Å². The predicted octanol–water partition coefficient (Wildman–Crippen LogP) is 6.65. The Bertz CT molecular complexity index is 1600. The van der Waals surface area contributed by atoms with Crippen LogP contribution in [0, 0.1) is 0 Å². The van der Waals surface area contributed by atoms with Gasteiger partial charge in [-0.1, -0.05) is 42.5 Å². The van der Waals surface area contributed by atoms with Crippen LogP contribution in [0.4, 0.5) is 5.69 Å². The molecule has 6 nitrogen and oxygen atoms in total. The summed E-state index contributed by atoms with van der Waals surface area (Å²) in [5.41, 5.74) is 3.35. The highest BCUT2D eigenvalue weighted by Crippen LogP contribution is 2.31. The molecule has 0 aliphatic carbocycles. The molecular weight excluding hydrogens is 518 g/mol. The van der Waals surface area contributed by atoms with Crippen LogP contribution in [0.2, 0.25) is 0 Å². The predicted molar refractivity (Wildman–Crippen MR) is 163 cm³/mol. The monoisotopic (exact) mass is 551 g/mol. The van der Waals surface area contributed by atoms with Crippen LogP contribution in [-0.2, 0) is 4.79 Å². The van der Waals surface area contributed by atoms with E-state index in [1.807, 2.05) is 65.9 Å². The molecule has 0 bridgehead atoms. The van der Waals surface area contributed by atoms with Crippen LogP contribution < -0.4 is 9.64 Å². The Kier molecular flexibility index (Phi) is 7.93. The highest BCUT2D eigenvalue weighted by molar-refractivity contribution is 7.17. The number of fused-ring (bicyclic) bond motifs is 2. The van der Waals surface area contributed by atoms with Crippen LogP contribution in [-0.4, -0.2) is 60.3 Å². The smallest absolute Gasteiger partial charge is 0.317 e. The van der Waals surface area contributed by atoms with Crippen molar-refractivity contribution in [2.75, 3.05) is 44.2 Å². The molecule has 0 amide bonds. The lowest BCUT2D eigenvalue weighted by Gasteiger charge is -2.36. The summed E-state index contributed by atoms with van der Waals surface area (Å²) in [6.07, 6.45) is 2.07. The van der Waals surface area contributed by atoms with E-state index in [2.05, 4.69) is 39.4 Å². The van der Waals surface area contributed by atoms with E-state index >= 15 is 0 Å². The van der Waals surface area contributed by atoms with Gasteiger partial charge in [0.1, 0.15) is 11.7 Å². The molecule has 40 heavy (non-hydrogen) atoms. The van der Waals surface area contributed by atoms with Crippen molar-refractivity contribution in [2.45, 2.75) is 18.8 Å². The molecule has 1 saturated heterocycles. The van der Waals surface area contributed by atoms with Gasteiger partial charge in [0.15, 0.2) is 0 Å². The molecule has 1 aliphatic heterocycles. The zero-order valence-corrected chi connectivity index (χ0v) is 23.2. The fourth-order valence-corrected chi connectivity index (χ4v) is 6.35. The first kappa shape index (κ1) is 26.3. The third-order valence-corrected chi connectivity index (χ3v) is 8.57. The van der Waals surface area contributed by atoms with Crippen molar-refractivity contribution in [1.82, 2.24) is 9.88 Å². The molecule has 1 aliphatic rings. The number of benzene rings is 3.